The third-order valence-electron chi connectivity index (χ3n) is 5.16. The summed E-state index contributed by atoms with van der Waals surface area (Å²) in [5.74, 6) is 1.51. The van der Waals surface area contributed by atoms with Gasteiger partial charge in [0.15, 0.2) is 0 Å². The highest BCUT2D eigenvalue weighted by Gasteiger charge is 2.34. The van der Waals surface area contributed by atoms with Crippen molar-refractivity contribution in [3.05, 3.63) is 42.1 Å². The first-order valence-electron chi connectivity index (χ1n) is 8.12. The summed E-state index contributed by atoms with van der Waals surface area (Å²) in [4.78, 5) is 4.41. The molecular formula is C19H25NO. The molecule has 3 rings (SSSR count). The molecule has 0 spiro atoms. The first kappa shape index (κ1) is 14.5. The molecule has 1 heterocycles. The molecule has 1 aromatic carbocycles. The van der Waals surface area contributed by atoms with E-state index in [1.807, 2.05) is 24.4 Å². The zero-order valence-electron chi connectivity index (χ0n) is 13.0. The summed E-state index contributed by atoms with van der Waals surface area (Å²) in [6.07, 6.45) is 6.76. The molecule has 0 saturated heterocycles. The Morgan fingerprint density at radius 2 is 1.90 bits per heavy atom. The Labute approximate surface area is 127 Å². The number of benzene rings is 1. The van der Waals surface area contributed by atoms with E-state index in [1.54, 1.807) is 0 Å². The second-order valence-electron chi connectivity index (χ2n) is 6.97. The average molecular weight is 283 g/mol. The normalized spacial score (nSPS) is 26.4. The predicted octanol–water partition coefficient (Wildman–Crippen LogP) is 4.35. The lowest BCUT2D eigenvalue weighted by atomic mass is 9.72. The van der Waals surface area contributed by atoms with Crippen LogP contribution in [0.25, 0.3) is 10.9 Å². The lowest BCUT2D eigenvalue weighted by Gasteiger charge is -2.37. The van der Waals surface area contributed by atoms with Crippen molar-refractivity contribution in [1.82, 2.24) is 4.98 Å². The molecule has 1 aliphatic rings. The van der Waals surface area contributed by atoms with Crippen LogP contribution in [0, 0.1) is 11.8 Å². The van der Waals surface area contributed by atoms with Crippen molar-refractivity contribution in [3.63, 3.8) is 0 Å². The Bertz CT molecular complexity index is 606. The molecule has 0 aliphatic heterocycles. The molecule has 2 aromatic rings. The van der Waals surface area contributed by atoms with E-state index in [2.05, 4.69) is 31.0 Å². The second-order valence-corrected chi connectivity index (χ2v) is 6.97. The molecule has 21 heavy (non-hydrogen) atoms. The number of hydrogen-bond donors (Lipinski definition) is 1. The number of aliphatic hydroxyl groups is 1. The number of nitrogens with zero attached hydrogens (tertiary/aromatic N) is 1. The maximum Gasteiger partial charge on any atom is 0.0704 e. The summed E-state index contributed by atoms with van der Waals surface area (Å²) in [7, 11) is 0. The molecule has 2 heteroatoms. The molecule has 1 aromatic heterocycles. The van der Waals surface area contributed by atoms with E-state index < -0.39 is 5.60 Å². The maximum atomic E-state index is 11.0. The number of fused-ring (bicyclic) bond motifs is 1. The van der Waals surface area contributed by atoms with Gasteiger partial charge < -0.3 is 5.11 Å². The van der Waals surface area contributed by atoms with E-state index in [1.165, 1.54) is 10.9 Å². The highest BCUT2D eigenvalue weighted by Crippen LogP contribution is 2.38. The van der Waals surface area contributed by atoms with Crippen LogP contribution in [-0.4, -0.2) is 15.7 Å². The third kappa shape index (κ3) is 3.11. The Morgan fingerprint density at radius 3 is 2.62 bits per heavy atom. The fraction of sp³-hybridized carbons (Fsp3) is 0.526. The lowest BCUT2D eigenvalue weighted by molar-refractivity contribution is -0.0143. The van der Waals surface area contributed by atoms with Crippen molar-refractivity contribution in [1.29, 1.82) is 0 Å². The Kier molecular flexibility index (Phi) is 3.99. The number of para-hydroxylation sites is 1. The highest BCUT2D eigenvalue weighted by atomic mass is 16.3. The van der Waals surface area contributed by atoms with E-state index in [0.29, 0.717) is 0 Å². The van der Waals surface area contributed by atoms with Gasteiger partial charge in [-0.3, -0.25) is 4.98 Å². The summed E-state index contributed by atoms with van der Waals surface area (Å²) in [6, 6.07) is 10.3. The molecule has 0 unspecified atom stereocenters. The molecule has 1 aliphatic carbocycles. The minimum atomic E-state index is -0.532. The molecule has 112 valence electrons. The molecular weight excluding hydrogens is 258 g/mol. The van der Waals surface area contributed by atoms with Crippen LogP contribution in [0.5, 0.6) is 0 Å². The van der Waals surface area contributed by atoms with Gasteiger partial charge in [0.25, 0.3) is 0 Å². The summed E-state index contributed by atoms with van der Waals surface area (Å²) in [5, 5.41) is 12.1. The number of rotatable bonds is 3. The van der Waals surface area contributed by atoms with Gasteiger partial charge in [0.05, 0.1) is 11.1 Å². The topological polar surface area (TPSA) is 33.1 Å². The number of pyridine rings is 1. The minimum Gasteiger partial charge on any atom is -0.390 e. The molecule has 0 amide bonds. The first-order valence-corrected chi connectivity index (χ1v) is 8.12. The molecule has 0 radical (unpaired) electrons. The molecule has 1 N–H and O–H groups in total. The first-order chi connectivity index (χ1) is 10.1. The van der Waals surface area contributed by atoms with Crippen LogP contribution in [0.3, 0.4) is 0 Å². The fourth-order valence-electron chi connectivity index (χ4n) is 3.68. The quantitative estimate of drug-likeness (QED) is 0.908. The summed E-state index contributed by atoms with van der Waals surface area (Å²) < 4.78 is 0. The molecule has 1 fully saturated rings. The van der Waals surface area contributed by atoms with E-state index in [-0.39, 0.29) is 0 Å². The second kappa shape index (κ2) is 5.76. The van der Waals surface area contributed by atoms with Gasteiger partial charge in [-0.15, -0.1) is 0 Å². The maximum absolute atomic E-state index is 11.0. The van der Waals surface area contributed by atoms with Gasteiger partial charge in [-0.1, -0.05) is 32.0 Å². The van der Waals surface area contributed by atoms with E-state index in [9.17, 15) is 5.11 Å². The molecule has 1 saturated carbocycles. The van der Waals surface area contributed by atoms with Crippen LogP contribution in [0.4, 0.5) is 0 Å². The van der Waals surface area contributed by atoms with Crippen molar-refractivity contribution in [2.24, 2.45) is 11.8 Å². The van der Waals surface area contributed by atoms with Crippen LogP contribution in [0.15, 0.2) is 36.5 Å². The SMILES string of the molecule is CC(C)C1CCC(O)(Cc2ccnc3ccccc23)CC1. The van der Waals surface area contributed by atoms with Crippen molar-refractivity contribution in [3.8, 4) is 0 Å². The third-order valence-corrected chi connectivity index (χ3v) is 5.16. The predicted molar refractivity (Wildman–Crippen MR) is 87.2 cm³/mol. The van der Waals surface area contributed by atoms with Gasteiger partial charge in [0.2, 0.25) is 0 Å². The Morgan fingerprint density at radius 1 is 1.19 bits per heavy atom. The van der Waals surface area contributed by atoms with Crippen molar-refractivity contribution >= 4 is 10.9 Å². The van der Waals surface area contributed by atoms with Crippen LogP contribution in [0.1, 0.15) is 45.1 Å². The van der Waals surface area contributed by atoms with Crippen LogP contribution >= 0.6 is 0 Å². The Balaban J connectivity index is 1.79. The van der Waals surface area contributed by atoms with Crippen molar-refractivity contribution in [2.75, 3.05) is 0 Å². The smallest absolute Gasteiger partial charge is 0.0704 e. The zero-order valence-corrected chi connectivity index (χ0v) is 13.0. The molecule has 0 atom stereocenters. The fourth-order valence-corrected chi connectivity index (χ4v) is 3.68. The molecule has 2 nitrogen and oxygen atoms in total. The minimum absolute atomic E-state index is 0.532. The largest absolute Gasteiger partial charge is 0.390 e. The van der Waals surface area contributed by atoms with Crippen molar-refractivity contribution < 1.29 is 5.11 Å². The number of aromatic nitrogens is 1. The van der Waals surface area contributed by atoms with Gasteiger partial charge in [-0.05, 0) is 55.2 Å². The molecule has 0 bridgehead atoms. The van der Waals surface area contributed by atoms with E-state index in [0.717, 1.165) is 49.5 Å². The standard InChI is InChI=1S/C19H25NO/c1-14(2)15-7-10-19(21,11-8-15)13-16-9-12-20-18-6-4-3-5-17(16)18/h3-6,9,12,14-15,21H,7-8,10-11,13H2,1-2H3. The van der Waals surface area contributed by atoms with Crippen molar-refractivity contribution in [2.45, 2.75) is 51.6 Å². The van der Waals surface area contributed by atoms with Gasteiger partial charge in [0, 0.05) is 18.0 Å². The Hall–Kier alpha value is -1.41. The highest BCUT2D eigenvalue weighted by molar-refractivity contribution is 5.81. The van der Waals surface area contributed by atoms with E-state index in [4.69, 9.17) is 0 Å². The summed E-state index contributed by atoms with van der Waals surface area (Å²) in [5.41, 5.74) is 1.72. The van der Waals surface area contributed by atoms with E-state index >= 15 is 0 Å². The zero-order chi connectivity index (χ0) is 14.9. The van der Waals surface area contributed by atoms with Crippen LogP contribution in [0.2, 0.25) is 0 Å². The van der Waals surface area contributed by atoms with Gasteiger partial charge in [-0.25, -0.2) is 0 Å². The van der Waals surface area contributed by atoms with Crippen LogP contribution < -0.4 is 0 Å². The van der Waals surface area contributed by atoms with Gasteiger partial charge in [0.1, 0.15) is 0 Å². The lowest BCUT2D eigenvalue weighted by Crippen LogP contribution is -2.37. The number of hydrogen-bond acceptors (Lipinski definition) is 2. The van der Waals surface area contributed by atoms with Gasteiger partial charge >= 0.3 is 0 Å². The monoisotopic (exact) mass is 283 g/mol. The van der Waals surface area contributed by atoms with Crippen LogP contribution in [-0.2, 0) is 6.42 Å². The van der Waals surface area contributed by atoms with Gasteiger partial charge in [-0.2, -0.15) is 0 Å². The summed E-state index contributed by atoms with van der Waals surface area (Å²) in [6.45, 7) is 4.59. The average Bonchev–Trinajstić information content (AvgIpc) is 2.48. The summed E-state index contributed by atoms with van der Waals surface area (Å²) >= 11 is 0.